The third kappa shape index (κ3) is 6.36. The minimum Gasteiger partial charge on any atom is -0.359 e. The maximum absolute atomic E-state index is 17.1. The van der Waals surface area contributed by atoms with Gasteiger partial charge in [-0.2, -0.15) is 0 Å². The average Bonchev–Trinajstić information content (AvgIpc) is 3.43. The SMILES string of the molecule is COC1(OC)CC(F)(F)C2=C(C(c3ccc(Nc4c(C)noc4C)cc3)=N[N+](C(=O)N(C)C)(c3ccc(Nc4ccccc4F)cc3)C(C)(C)C2)C1(OC)OC. The second-order valence-electron chi connectivity index (χ2n) is 14.7. The third-order valence-electron chi connectivity index (χ3n) is 10.7. The Bertz CT molecular complexity index is 2140. The van der Waals surface area contributed by atoms with Gasteiger partial charge in [0.25, 0.3) is 11.7 Å². The van der Waals surface area contributed by atoms with Crippen molar-refractivity contribution in [3.63, 3.8) is 0 Å². The fourth-order valence-electron chi connectivity index (χ4n) is 7.89. The van der Waals surface area contributed by atoms with Crippen molar-refractivity contribution in [3.05, 3.63) is 107 Å². The van der Waals surface area contributed by atoms with Gasteiger partial charge in [0.05, 0.1) is 17.7 Å². The number of urea groups is 1. The van der Waals surface area contributed by atoms with Gasteiger partial charge in [0.15, 0.2) is 11.4 Å². The number of alkyl halides is 2. The van der Waals surface area contributed by atoms with Gasteiger partial charge in [-0.05, 0) is 64.1 Å². The summed E-state index contributed by atoms with van der Waals surface area (Å²) in [5.41, 5.74) is 1.61. The maximum Gasteiger partial charge on any atom is 0.450 e. The Hall–Kier alpha value is -5.06. The first-order chi connectivity index (χ1) is 26.5. The van der Waals surface area contributed by atoms with Crippen LogP contribution in [-0.2, 0) is 18.9 Å². The molecule has 6 rings (SSSR count). The number of carbonyl (C=O) groups is 1. The molecule has 1 aromatic heterocycles. The van der Waals surface area contributed by atoms with Gasteiger partial charge < -0.3 is 34.1 Å². The van der Waals surface area contributed by atoms with Crippen LogP contribution in [0.25, 0.3) is 0 Å². The summed E-state index contributed by atoms with van der Waals surface area (Å²) < 4.78 is 77.3. The molecule has 0 saturated carbocycles. The lowest BCUT2D eigenvalue weighted by molar-refractivity contribution is -0.387. The monoisotopic (exact) mass is 777 g/mol. The Kier molecular flexibility index (Phi) is 10.7. The molecule has 1 aliphatic carbocycles. The average molecular weight is 778 g/mol. The van der Waals surface area contributed by atoms with Crippen molar-refractivity contribution in [2.45, 2.75) is 63.6 Å². The van der Waals surface area contributed by atoms with Crippen LogP contribution < -0.4 is 15.2 Å². The van der Waals surface area contributed by atoms with Crippen molar-refractivity contribution >= 4 is 40.2 Å². The molecule has 2 N–H and O–H groups in total. The number of benzene rings is 3. The van der Waals surface area contributed by atoms with Gasteiger partial charge in [0.2, 0.25) is 5.79 Å². The molecule has 0 fully saturated rings. The number of carbonyl (C=O) groups excluding carboxylic acids is 1. The number of hydrogen-bond donors (Lipinski definition) is 2. The standard InChI is InChI=1S/C41H48F3N6O6/c1-25-35(26(2)56-48-25)46-29-17-15-27(16-18-29)36-34-31(39(43,44)24-40(52-7,53-8)41(34,54-9)55-10)23-38(3,4)50(47-36,37(51)49(5)6)30-21-19-28(20-22-30)45-33-14-12-11-13-32(33)42/h11-22,45-46H,23-24H2,1-10H3/q+1. The molecule has 2 heterocycles. The van der Waals surface area contributed by atoms with Crippen LogP contribution in [0, 0.1) is 19.7 Å². The van der Waals surface area contributed by atoms with E-state index in [9.17, 15) is 9.18 Å². The largest absolute Gasteiger partial charge is 0.450 e. The minimum atomic E-state index is -3.57. The number of aryl methyl sites for hydroxylation is 2. The van der Waals surface area contributed by atoms with E-state index >= 15 is 8.78 Å². The van der Waals surface area contributed by atoms with Crippen LogP contribution >= 0.6 is 0 Å². The van der Waals surface area contributed by atoms with Crippen LogP contribution in [0.3, 0.4) is 0 Å². The van der Waals surface area contributed by atoms with Crippen molar-refractivity contribution < 1.29 is 41.4 Å². The van der Waals surface area contributed by atoms with Gasteiger partial charge in [-0.1, -0.05) is 39.1 Å². The van der Waals surface area contributed by atoms with E-state index in [1.165, 1.54) is 39.4 Å². The highest BCUT2D eigenvalue weighted by molar-refractivity contribution is 6.16. The van der Waals surface area contributed by atoms with Crippen LogP contribution in [0.2, 0.25) is 0 Å². The third-order valence-corrected chi connectivity index (χ3v) is 10.7. The summed E-state index contributed by atoms with van der Waals surface area (Å²) in [5.74, 6) is -7.70. The number of methoxy groups -OCH3 is 4. The van der Waals surface area contributed by atoms with Gasteiger partial charge in [0.1, 0.15) is 28.4 Å². The minimum absolute atomic E-state index is 0.0141. The van der Waals surface area contributed by atoms with Gasteiger partial charge in [-0.25, -0.2) is 18.0 Å². The summed E-state index contributed by atoms with van der Waals surface area (Å²) in [4.78, 5) is 16.3. The Morgan fingerprint density at radius 1 is 0.857 bits per heavy atom. The van der Waals surface area contributed by atoms with Crippen molar-refractivity contribution in [3.8, 4) is 0 Å². The number of quaternary nitrogens is 1. The molecule has 0 spiro atoms. The summed E-state index contributed by atoms with van der Waals surface area (Å²) in [6.45, 7) is 7.03. The number of anilines is 4. The molecule has 0 bridgehead atoms. The van der Waals surface area contributed by atoms with E-state index in [2.05, 4.69) is 15.8 Å². The molecule has 1 unspecified atom stereocenters. The van der Waals surface area contributed by atoms with Gasteiger partial charge in [-0.3, -0.25) is 4.90 Å². The molecular formula is C41H48F3N6O6+. The highest BCUT2D eigenvalue weighted by Gasteiger charge is 2.71. The van der Waals surface area contributed by atoms with Crippen LogP contribution in [0.5, 0.6) is 0 Å². The van der Waals surface area contributed by atoms with Crippen LogP contribution in [0.15, 0.2) is 93.6 Å². The number of para-hydroxylation sites is 1. The molecule has 2 aliphatic rings. The zero-order valence-electron chi connectivity index (χ0n) is 33.2. The number of hydrogen-bond acceptors (Lipinski definition) is 10. The van der Waals surface area contributed by atoms with E-state index in [1.807, 2.05) is 0 Å². The zero-order valence-corrected chi connectivity index (χ0v) is 33.2. The van der Waals surface area contributed by atoms with E-state index in [-0.39, 0.29) is 29.0 Å². The molecular weight excluding hydrogens is 729 g/mol. The van der Waals surface area contributed by atoms with Crippen LogP contribution in [0.4, 0.5) is 46.4 Å². The van der Waals surface area contributed by atoms with E-state index in [0.29, 0.717) is 39.8 Å². The molecule has 3 aromatic carbocycles. The molecule has 2 amide bonds. The van der Waals surface area contributed by atoms with E-state index in [1.54, 1.807) is 109 Å². The molecule has 56 heavy (non-hydrogen) atoms. The van der Waals surface area contributed by atoms with Crippen molar-refractivity contribution in [2.24, 2.45) is 5.10 Å². The summed E-state index contributed by atoms with van der Waals surface area (Å²) in [6.07, 6.45) is -1.31. The topological polar surface area (TPSA) is 120 Å². The summed E-state index contributed by atoms with van der Waals surface area (Å²) in [7, 11) is 8.30. The van der Waals surface area contributed by atoms with Crippen molar-refractivity contribution in [2.75, 3.05) is 53.2 Å². The van der Waals surface area contributed by atoms with Crippen molar-refractivity contribution in [1.29, 1.82) is 0 Å². The normalized spacial score (nSPS) is 20.8. The number of nitrogens with zero attached hydrogens (tertiary/aromatic N) is 4. The van der Waals surface area contributed by atoms with Gasteiger partial charge in [-0.15, -0.1) is 0 Å². The molecule has 12 nitrogen and oxygen atoms in total. The molecule has 0 radical (unpaired) electrons. The number of rotatable bonds is 10. The number of aromatic nitrogens is 1. The lowest BCUT2D eigenvalue weighted by Gasteiger charge is -2.52. The van der Waals surface area contributed by atoms with Crippen LogP contribution in [0.1, 0.15) is 43.7 Å². The van der Waals surface area contributed by atoms with E-state index < -0.39 is 45.9 Å². The predicted octanol–water partition coefficient (Wildman–Crippen LogP) is 8.81. The quantitative estimate of drug-likeness (QED) is 0.120. The Morgan fingerprint density at radius 3 is 1.98 bits per heavy atom. The maximum atomic E-state index is 17.1. The molecule has 4 aromatic rings. The molecule has 0 saturated heterocycles. The van der Waals surface area contributed by atoms with E-state index in [4.69, 9.17) is 28.6 Å². The fourth-order valence-corrected chi connectivity index (χ4v) is 7.89. The van der Waals surface area contributed by atoms with Crippen molar-refractivity contribution in [1.82, 2.24) is 14.6 Å². The first kappa shape index (κ1) is 40.6. The molecule has 15 heteroatoms. The number of amides is 2. The highest BCUT2D eigenvalue weighted by atomic mass is 19.3. The Labute approximate surface area is 324 Å². The molecule has 1 aliphatic heterocycles. The fraction of sp³-hybridized carbons (Fsp3) is 0.390. The van der Waals surface area contributed by atoms with Crippen LogP contribution in [-0.4, -0.2) is 87.4 Å². The first-order valence-electron chi connectivity index (χ1n) is 17.9. The molecule has 298 valence electrons. The number of halogens is 3. The summed E-state index contributed by atoms with van der Waals surface area (Å²) in [6, 6.07) is 19.4. The smallest absolute Gasteiger partial charge is 0.359 e. The summed E-state index contributed by atoms with van der Waals surface area (Å²) >= 11 is 0. The lowest BCUT2D eigenvalue weighted by atomic mass is 9.72. The van der Waals surface area contributed by atoms with E-state index in [0.717, 1.165) is 0 Å². The number of ether oxygens (including phenoxy) is 4. The lowest BCUT2D eigenvalue weighted by Crippen LogP contribution is -2.67. The number of nitrogens with one attached hydrogen (secondary N) is 2. The second kappa shape index (κ2) is 14.8. The van der Waals surface area contributed by atoms with Gasteiger partial charge in [0, 0.05) is 83.6 Å². The highest BCUT2D eigenvalue weighted by Crippen LogP contribution is 2.57. The molecule has 1 atom stereocenters. The zero-order chi connectivity index (χ0) is 40.8. The predicted molar refractivity (Wildman–Crippen MR) is 208 cm³/mol. The summed E-state index contributed by atoms with van der Waals surface area (Å²) in [5, 5.41) is 15.7. The first-order valence-corrected chi connectivity index (χ1v) is 17.9. The van der Waals surface area contributed by atoms with Gasteiger partial charge >= 0.3 is 6.03 Å². The Balaban J connectivity index is 1.66. The Morgan fingerprint density at radius 2 is 1.45 bits per heavy atom. The second-order valence-corrected chi connectivity index (χ2v) is 14.7.